The summed E-state index contributed by atoms with van der Waals surface area (Å²) in [7, 11) is 1.87. The van der Waals surface area contributed by atoms with E-state index in [4.69, 9.17) is 4.74 Å². The van der Waals surface area contributed by atoms with Crippen LogP contribution < -0.4 is 10.2 Å². The van der Waals surface area contributed by atoms with Crippen molar-refractivity contribution in [2.45, 2.75) is 19.4 Å². The molecular formula is C23H32IN5O. The molecule has 0 bridgehead atoms. The Morgan fingerprint density at radius 2 is 1.93 bits per heavy atom. The standard InChI is InChI=1S/C23H31N5O.HI/c1-24-23(28-11-9-20(18-28)16-19-6-3-2-4-7-19)26-17-21-8-5-10-25-22(21)27-12-14-29-15-13-27;/h2-8,10,20H,9,11-18H2,1H3,(H,24,26);1H. The highest BCUT2D eigenvalue weighted by Crippen LogP contribution is 2.22. The van der Waals surface area contributed by atoms with E-state index < -0.39 is 0 Å². The topological polar surface area (TPSA) is 53.0 Å². The molecule has 162 valence electrons. The molecule has 2 fully saturated rings. The fraction of sp³-hybridized carbons (Fsp3) is 0.478. The summed E-state index contributed by atoms with van der Waals surface area (Å²) >= 11 is 0. The van der Waals surface area contributed by atoms with Gasteiger partial charge in [-0.15, -0.1) is 24.0 Å². The molecule has 2 aliphatic rings. The molecule has 6 nitrogen and oxygen atoms in total. The Morgan fingerprint density at radius 1 is 1.13 bits per heavy atom. The minimum atomic E-state index is 0. The Bertz CT molecular complexity index is 810. The Labute approximate surface area is 196 Å². The van der Waals surface area contributed by atoms with Crippen molar-refractivity contribution in [3.63, 3.8) is 0 Å². The van der Waals surface area contributed by atoms with Crippen LogP contribution in [0.4, 0.5) is 5.82 Å². The first-order valence-electron chi connectivity index (χ1n) is 10.6. The number of ether oxygens (including phenoxy) is 1. The number of rotatable bonds is 5. The first kappa shape index (κ1) is 22.8. The number of hydrogen-bond acceptors (Lipinski definition) is 4. The van der Waals surface area contributed by atoms with Crippen LogP contribution in [0.25, 0.3) is 0 Å². The quantitative estimate of drug-likeness (QED) is 0.372. The molecule has 0 amide bonds. The van der Waals surface area contributed by atoms with E-state index in [9.17, 15) is 0 Å². The van der Waals surface area contributed by atoms with Gasteiger partial charge in [-0.1, -0.05) is 36.4 Å². The number of benzene rings is 1. The van der Waals surface area contributed by atoms with Gasteiger partial charge in [-0.2, -0.15) is 0 Å². The van der Waals surface area contributed by atoms with Crippen molar-refractivity contribution >= 4 is 35.8 Å². The van der Waals surface area contributed by atoms with Crippen molar-refractivity contribution in [1.29, 1.82) is 0 Å². The number of guanidine groups is 1. The zero-order valence-corrected chi connectivity index (χ0v) is 20.0. The Hall–Kier alpha value is -1.87. The predicted octanol–water partition coefficient (Wildman–Crippen LogP) is 3.18. The summed E-state index contributed by atoms with van der Waals surface area (Å²) in [4.78, 5) is 13.9. The number of halogens is 1. The highest BCUT2D eigenvalue weighted by molar-refractivity contribution is 14.0. The Balaban J connectivity index is 0.00000256. The second-order valence-electron chi connectivity index (χ2n) is 7.78. The molecule has 0 radical (unpaired) electrons. The van der Waals surface area contributed by atoms with Crippen LogP contribution in [-0.2, 0) is 17.7 Å². The number of anilines is 1. The van der Waals surface area contributed by atoms with Crippen LogP contribution in [0.1, 0.15) is 17.5 Å². The summed E-state index contributed by atoms with van der Waals surface area (Å²) in [6, 6.07) is 15.0. The number of aromatic nitrogens is 1. The average Bonchev–Trinajstić information content (AvgIpc) is 3.24. The van der Waals surface area contributed by atoms with E-state index in [2.05, 4.69) is 61.5 Å². The van der Waals surface area contributed by atoms with E-state index in [1.165, 1.54) is 17.5 Å². The van der Waals surface area contributed by atoms with Crippen LogP contribution in [0, 0.1) is 5.92 Å². The molecular weight excluding hydrogens is 489 g/mol. The van der Waals surface area contributed by atoms with Gasteiger partial charge in [-0.25, -0.2) is 4.98 Å². The smallest absolute Gasteiger partial charge is 0.193 e. The molecule has 4 rings (SSSR count). The highest BCUT2D eigenvalue weighted by atomic mass is 127. The molecule has 1 N–H and O–H groups in total. The maximum atomic E-state index is 5.49. The van der Waals surface area contributed by atoms with Gasteiger partial charge in [0.2, 0.25) is 0 Å². The van der Waals surface area contributed by atoms with Crippen LogP contribution in [-0.4, -0.2) is 62.3 Å². The van der Waals surface area contributed by atoms with Crippen LogP contribution in [0.3, 0.4) is 0 Å². The van der Waals surface area contributed by atoms with Gasteiger partial charge in [0.15, 0.2) is 5.96 Å². The van der Waals surface area contributed by atoms with E-state index in [0.29, 0.717) is 5.92 Å². The van der Waals surface area contributed by atoms with Gasteiger partial charge in [0.1, 0.15) is 5.82 Å². The zero-order valence-electron chi connectivity index (χ0n) is 17.7. The Kier molecular flexibility index (Phi) is 8.74. The van der Waals surface area contributed by atoms with Gasteiger partial charge in [0.25, 0.3) is 0 Å². The summed E-state index contributed by atoms with van der Waals surface area (Å²) in [5, 5.41) is 3.57. The third kappa shape index (κ3) is 5.85. The number of morpholine rings is 1. The van der Waals surface area contributed by atoms with Crippen molar-refractivity contribution in [3.05, 3.63) is 59.8 Å². The van der Waals surface area contributed by atoms with Crippen molar-refractivity contribution in [1.82, 2.24) is 15.2 Å². The van der Waals surface area contributed by atoms with Crippen molar-refractivity contribution in [3.8, 4) is 0 Å². The molecule has 1 aromatic carbocycles. The number of nitrogens with zero attached hydrogens (tertiary/aromatic N) is 4. The van der Waals surface area contributed by atoms with E-state index >= 15 is 0 Å². The summed E-state index contributed by atoms with van der Waals surface area (Å²) in [6.45, 7) is 6.16. The largest absolute Gasteiger partial charge is 0.378 e. The lowest BCUT2D eigenvalue weighted by molar-refractivity contribution is 0.122. The third-order valence-electron chi connectivity index (χ3n) is 5.78. The molecule has 0 spiro atoms. The molecule has 3 heterocycles. The van der Waals surface area contributed by atoms with E-state index in [-0.39, 0.29) is 24.0 Å². The second-order valence-corrected chi connectivity index (χ2v) is 7.78. The predicted molar refractivity (Wildman–Crippen MR) is 133 cm³/mol. The van der Waals surface area contributed by atoms with E-state index in [1.807, 2.05) is 19.3 Å². The highest BCUT2D eigenvalue weighted by Gasteiger charge is 2.25. The van der Waals surface area contributed by atoms with E-state index in [1.54, 1.807) is 0 Å². The number of aliphatic imine (C=N–C) groups is 1. The Morgan fingerprint density at radius 3 is 2.70 bits per heavy atom. The van der Waals surface area contributed by atoms with Gasteiger partial charge < -0.3 is 19.9 Å². The van der Waals surface area contributed by atoms with Crippen LogP contribution >= 0.6 is 24.0 Å². The normalized spacial score (nSPS) is 19.5. The van der Waals surface area contributed by atoms with E-state index in [0.717, 1.165) is 64.1 Å². The lowest BCUT2D eigenvalue weighted by Gasteiger charge is -2.30. The molecule has 1 unspecified atom stereocenters. The second kappa shape index (κ2) is 11.5. The summed E-state index contributed by atoms with van der Waals surface area (Å²) < 4.78 is 5.49. The number of nitrogens with one attached hydrogen (secondary N) is 1. The van der Waals surface area contributed by atoms with Gasteiger partial charge in [0, 0.05) is 51.5 Å². The first-order chi connectivity index (χ1) is 14.3. The lowest BCUT2D eigenvalue weighted by atomic mass is 9.99. The van der Waals surface area contributed by atoms with Crippen molar-refractivity contribution < 1.29 is 4.74 Å². The molecule has 30 heavy (non-hydrogen) atoms. The molecule has 0 aliphatic carbocycles. The van der Waals surface area contributed by atoms with Gasteiger partial charge in [0.05, 0.1) is 13.2 Å². The fourth-order valence-electron chi connectivity index (χ4n) is 4.27. The van der Waals surface area contributed by atoms with Crippen LogP contribution in [0.15, 0.2) is 53.7 Å². The molecule has 1 atom stereocenters. The van der Waals surface area contributed by atoms with Crippen molar-refractivity contribution in [2.24, 2.45) is 10.9 Å². The zero-order chi connectivity index (χ0) is 19.9. The summed E-state index contributed by atoms with van der Waals surface area (Å²) in [5.74, 6) is 2.72. The SMILES string of the molecule is CN=C(NCc1cccnc1N1CCOCC1)N1CCC(Cc2ccccc2)C1.I. The number of likely N-dealkylation sites (tertiary alicyclic amines) is 1. The van der Waals surface area contributed by atoms with Crippen LogP contribution in [0.5, 0.6) is 0 Å². The lowest BCUT2D eigenvalue weighted by Crippen LogP contribution is -2.41. The van der Waals surface area contributed by atoms with Crippen molar-refractivity contribution in [2.75, 3.05) is 51.3 Å². The number of pyridine rings is 1. The average molecular weight is 521 g/mol. The molecule has 7 heteroatoms. The molecule has 0 saturated carbocycles. The van der Waals surface area contributed by atoms with Gasteiger partial charge >= 0.3 is 0 Å². The fourth-order valence-corrected chi connectivity index (χ4v) is 4.27. The van der Waals surface area contributed by atoms with Crippen LogP contribution in [0.2, 0.25) is 0 Å². The third-order valence-corrected chi connectivity index (χ3v) is 5.78. The molecule has 2 saturated heterocycles. The minimum Gasteiger partial charge on any atom is -0.378 e. The summed E-state index contributed by atoms with van der Waals surface area (Å²) in [6.07, 6.45) is 4.22. The molecule has 2 aliphatic heterocycles. The number of hydrogen-bond donors (Lipinski definition) is 1. The minimum absolute atomic E-state index is 0. The molecule has 1 aromatic heterocycles. The monoisotopic (exact) mass is 521 g/mol. The summed E-state index contributed by atoms with van der Waals surface area (Å²) in [5.41, 5.74) is 2.63. The maximum Gasteiger partial charge on any atom is 0.193 e. The molecule has 2 aromatic rings. The first-order valence-corrected chi connectivity index (χ1v) is 10.6. The van der Waals surface area contributed by atoms with Gasteiger partial charge in [-0.05, 0) is 30.4 Å². The maximum absolute atomic E-state index is 5.49. The van der Waals surface area contributed by atoms with Gasteiger partial charge in [-0.3, -0.25) is 4.99 Å².